The lowest BCUT2D eigenvalue weighted by atomic mass is 10.1. The molecular formula is C58H88N2O10S4. The Morgan fingerprint density at radius 2 is 0.459 bits per heavy atom. The molecule has 74 heavy (non-hydrogen) atoms. The first-order valence-electron chi connectivity index (χ1n) is 27.5. The Morgan fingerprint density at radius 1 is 0.270 bits per heavy atom. The van der Waals surface area contributed by atoms with E-state index >= 15 is 0 Å². The highest BCUT2D eigenvalue weighted by molar-refractivity contribution is 7.89. The first-order valence-corrected chi connectivity index (χ1v) is 33.2. The Hall–Kier alpha value is -3.48. The molecular weight excluding hydrogens is 1010 g/mol. The summed E-state index contributed by atoms with van der Waals surface area (Å²) < 4.78 is 119. The fraction of sp³-hybridized carbons (Fsp3) is 0.586. The second-order valence-electron chi connectivity index (χ2n) is 20.1. The molecule has 4 aromatic rings. The van der Waals surface area contributed by atoms with Crippen LogP contribution in [0.5, 0.6) is 0 Å². The maximum absolute atomic E-state index is 13.8. The molecule has 0 radical (unpaired) electrons. The zero-order chi connectivity index (χ0) is 53.7. The van der Waals surface area contributed by atoms with Crippen LogP contribution in [-0.4, -0.2) is 81.7 Å². The monoisotopic (exact) mass is 1100 g/mol. The first kappa shape index (κ1) is 63.1. The molecule has 0 spiro atoms. The van der Waals surface area contributed by atoms with Crippen molar-refractivity contribution in [2.75, 3.05) is 39.4 Å². The van der Waals surface area contributed by atoms with Gasteiger partial charge in [-0.15, -0.1) is 0 Å². The lowest BCUT2D eigenvalue weighted by Gasteiger charge is -2.22. The Bertz CT molecular complexity index is 2440. The van der Waals surface area contributed by atoms with Gasteiger partial charge in [-0.3, -0.25) is 8.37 Å². The molecule has 0 aromatic heterocycles. The SMILES string of the molecule is Cc1ccc(S(=O)(=O)OCCCCCCCCCCN(CCCCCCCCCCN(CCCCCCCCCCOS(=O)(=O)c2ccc(C)cc2)S(=O)(=O)c2ccc(C)cc2)S(=O)(=O)c2ccc(C)cc2)cc1. The summed E-state index contributed by atoms with van der Waals surface area (Å²) in [6, 6.07) is 27.5. The second kappa shape index (κ2) is 33.6. The van der Waals surface area contributed by atoms with Crippen LogP contribution in [0.2, 0.25) is 0 Å². The zero-order valence-electron chi connectivity index (χ0n) is 45.1. The quantitative estimate of drug-likeness (QED) is 0.0309. The van der Waals surface area contributed by atoms with Gasteiger partial charge in [-0.1, -0.05) is 186 Å². The third-order valence-corrected chi connectivity index (χ3v) is 20.1. The summed E-state index contributed by atoms with van der Waals surface area (Å²) in [5.74, 6) is 0. The number of unbranched alkanes of at least 4 members (excludes halogenated alkanes) is 21. The molecule has 0 aliphatic carbocycles. The third kappa shape index (κ3) is 23.4. The average molecular weight is 1100 g/mol. The molecule has 0 fully saturated rings. The minimum Gasteiger partial charge on any atom is -0.266 e. The Labute approximate surface area is 448 Å². The molecule has 0 heterocycles. The predicted octanol–water partition coefficient (Wildman–Crippen LogP) is 13.8. The van der Waals surface area contributed by atoms with Crippen LogP contribution in [0.4, 0.5) is 0 Å². The van der Waals surface area contributed by atoms with E-state index in [4.69, 9.17) is 8.37 Å². The van der Waals surface area contributed by atoms with Gasteiger partial charge in [0, 0.05) is 26.2 Å². The minimum absolute atomic E-state index is 0.174. The molecule has 0 saturated heterocycles. The van der Waals surface area contributed by atoms with E-state index in [9.17, 15) is 33.7 Å². The van der Waals surface area contributed by atoms with Crippen molar-refractivity contribution in [1.29, 1.82) is 0 Å². The van der Waals surface area contributed by atoms with Crippen LogP contribution in [0.25, 0.3) is 0 Å². The summed E-state index contributed by atoms with van der Waals surface area (Å²) in [6.07, 6.45) is 22.5. The summed E-state index contributed by atoms with van der Waals surface area (Å²) in [5, 5.41) is 0. The van der Waals surface area contributed by atoms with Gasteiger partial charge in [-0.25, -0.2) is 16.8 Å². The third-order valence-electron chi connectivity index (χ3n) is 13.6. The minimum atomic E-state index is -3.73. The topological polar surface area (TPSA) is 161 Å². The number of sulfonamides is 2. The van der Waals surface area contributed by atoms with Crippen molar-refractivity contribution >= 4 is 40.3 Å². The predicted molar refractivity (Wildman–Crippen MR) is 299 cm³/mol. The van der Waals surface area contributed by atoms with Crippen LogP contribution in [0.15, 0.2) is 117 Å². The molecule has 414 valence electrons. The molecule has 0 N–H and O–H groups in total. The highest BCUT2D eigenvalue weighted by atomic mass is 32.2. The lowest BCUT2D eigenvalue weighted by Crippen LogP contribution is -2.33. The van der Waals surface area contributed by atoms with Crippen LogP contribution in [0, 0.1) is 27.7 Å². The highest BCUT2D eigenvalue weighted by Gasteiger charge is 2.25. The molecule has 4 aromatic carbocycles. The summed E-state index contributed by atoms with van der Waals surface area (Å²) in [6.45, 7) is 10.0. The van der Waals surface area contributed by atoms with Gasteiger partial charge in [-0.2, -0.15) is 25.4 Å². The average Bonchev–Trinajstić information content (AvgIpc) is 3.36. The van der Waals surface area contributed by atoms with Crippen molar-refractivity contribution < 1.29 is 42.0 Å². The molecule has 0 bridgehead atoms. The number of nitrogens with zero attached hydrogens (tertiary/aromatic N) is 2. The van der Waals surface area contributed by atoms with E-state index < -0.39 is 40.3 Å². The number of benzene rings is 4. The normalized spacial score (nSPS) is 12.6. The van der Waals surface area contributed by atoms with Gasteiger partial charge in [-0.05, 0) is 115 Å². The van der Waals surface area contributed by atoms with Gasteiger partial charge in [0.05, 0.1) is 32.8 Å². The van der Waals surface area contributed by atoms with Crippen molar-refractivity contribution in [3.8, 4) is 0 Å². The summed E-state index contributed by atoms with van der Waals surface area (Å²) in [5.41, 5.74) is 4.02. The van der Waals surface area contributed by atoms with Crippen LogP contribution in [-0.2, 0) is 48.6 Å². The molecule has 0 atom stereocenters. The molecule has 12 nitrogen and oxygen atoms in total. The van der Waals surface area contributed by atoms with E-state index in [1.807, 2.05) is 52.0 Å². The number of rotatable bonds is 41. The number of hydrogen-bond acceptors (Lipinski definition) is 10. The fourth-order valence-corrected chi connectivity index (χ4v) is 13.8. The van der Waals surface area contributed by atoms with E-state index in [1.54, 1.807) is 81.4 Å². The fourth-order valence-electron chi connectivity index (χ4n) is 8.84. The summed E-state index contributed by atoms with van der Waals surface area (Å²) in [4.78, 5) is 1.04. The van der Waals surface area contributed by atoms with Crippen LogP contribution in [0.3, 0.4) is 0 Å². The second-order valence-corrected chi connectivity index (χ2v) is 27.2. The molecule has 0 saturated carbocycles. The Kier molecular flexibility index (Phi) is 28.7. The highest BCUT2D eigenvalue weighted by Crippen LogP contribution is 2.23. The zero-order valence-corrected chi connectivity index (χ0v) is 48.3. The van der Waals surface area contributed by atoms with E-state index in [-0.39, 0.29) is 23.0 Å². The van der Waals surface area contributed by atoms with Crippen LogP contribution >= 0.6 is 0 Å². The summed E-state index contributed by atoms with van der Waals surface area (Å²) in [7, 11) is -14.7. The van der Waals surface area contributed by atoms with Gasteiger partial charge in [0.15, 0.2) is 0 Å². The van der Waals surface area contributed by atoms with Gasteiger partial charge >= 0.3 is 0 Å². The van der Waals surface area contributed by atoms with Gasteiger partial charge in [0.25, 0.3) is 20.2 Å². The molecule has 0 aliphatic rings. The van der Waals surface area contributed by atoms with Crippen molar-refractivity contribution in [2.24, 2.45) is 0 Å². The van der Waals surface area contributed by atoms with Crippen LogP contribution in [0.1, 0.15) is 176 Å². The maximum atomic E-state index is 13.8. The molecule has 4 rings (SSSR count). The van der Waals surface area contributed by atoms with E-state index in [0.717, 1.165) is 164 Å². The van der Waals surface area contributed by atoms with E-state index in [1.165, 1.54) is 0 Å². The first-order chi connectivity index (χ1) is 35.4. The molecule has 0 unspecified atom stereocenters. The molecule has 0 amide bonds. The van der Waals surface area contributed by atoms with E-state index in [0.29, 0.717) is 48.8 Å². The maximum Gasteiger partial charge on any atom is 0.296 e. The molecule has 16 heteroatoms. The Morgan fingerprint density at radius 3 is 0.689 bits per heavy atom. The van der Waals surface area contributed by atoms with E-state index in [2.05, 4.69) is 0 Å². The van der Waals surface area contributed by atoms with Gasteiger partial charge in [0.1, 0.15) is 0 Å². The Balaban J connectivity index is 1.09. The van der Waals surface area contributed by atoms with Crippen molar-refractivity contribution in [1.82, 2.24) is 8.61 Å². The largest absolute Gasteiger partial charge is 0.296 e. The molecule has 0 aliphatic heterocycles. The van der Waals surface area contributed by atoms with Gasteiger partial charge < -0.3 is 0 Å². The number of aryl methyl sites for hydroxylation is 4. The van der Waals surface area contributed by atoms with Crippen molar-refractivity contribution in [3.63, 3.8) is 0 Å². The van der Waals surface area contributed by atoms with Gasteiger partial charge in [0.2, 0.25) is 20.0 Å². The van der Waals surface area contributed by atoms with Crippen molar-refractivity contribution in [3.05, 3.63) is 119 Å². The standard InChI is InChI=1S/C58H88N2O10S4/c1-51-29-37-55(38-30-51)71(61,62)59(47-25-19-13-7-9-15-21-27-49-69-73(65,66)57-41-33-53(3)34-42-57)45-23-17-11-5-6-12-18-24-46-60(72(63,64)56-39-31-52(2)32-40-56)48-26-20-14-8-10-16-22-28-50-70-74(67,68)58-43-35-54(4)36-44-58/h29-44H,5-28,45-50H2,1-4H3. The van der Waals surface area contributed by atoms with Crippen molar-refractivity contribution in [2.45, 2.75) is 201 Å². The summed E-state index contributed by atoms with van der Waals surface area (Å²) >= 11 is 0. The lowest BCUT2D eigenvalue weighted by molar-refractivity contribution is 0.305. The number of hydrogen-bond donors (Lipinski definition) is 0. The smallest absolute Gasteiger partial charge is 0.266 e. The van der Waals surface area contributed by atoms with Crippen LogP contribution < -0.4 is 0 Å².